The van der Waals surface area contributed by atoms with Crippen LogP contribution in [0, 0.1) is 0 Å². The van der Waals surface area contributed by atoms with Crippen LogP contribution < -0.4 is 136 Å². The van der Waals surface area contributed by atoms with Gasteiger partial charge in [-0.2, -0.15) is 0 Å². The minimum absolute atomic E-state index is 0. The van der Waals surface area contributed by atoms with E-state index in [2.05, 4.69) is 0 Å². The molecule has 444 valence electrons. The van der Waals surface area contributed by atoms with Gasteiger partial charge in [0.25, 0.3) is 0 Å². The molecule has 2 radical (unpaired) electrons. The molecule has 1 aliphatic heterocycles. The van der Waals surface area contributed by atoms with Gasteiger partial charge in [-0.15, -0.1) is 44.2 Å². The second-order valence-corrected chi connectivity index (χ2v) is 13.8. The average Bonchev–Trinajstić information content (AvgIpc) is 4.10. The van der Waals surface area contributed by atoms with Gasteiger partial charge in [-0.25, -0.2) is 0 Å². The first-order valence-electron chi connectivity index (χ1n) is 18.4. The predicted octanol–water partition coefficient (Wildman–Crippen LogP) is -3.09. The summed E-state index contributed by atoms with van der Waals surface area (Å²) in [7, 11) is 0. The van der Waals surface area contributed by atoms with Gasteiger partial charge in [-0.05, 0) is 66.8 Å². The normalized spacial score (nSPS) is 12.2. The number of aromatic carboxylic acids is 4. The molecule has 44 N–H and O–H groups in total. The molecule has 79 heavy (non-hydrogen) atoms. The smallest absolute Gasteiger partial charge is 0.657 e. The van der Waals surface area contributed by atoms with E-state index in [1.165, 1.54) is 48.5 Å². The van der Waals surface area contributed by atoms with E-state index in [-0.39, 0.29) is 173 Å². The molecule has 0 fully saturated rings. The Bertz CT molecular complexity index is 2920. The number of hydrogen-bond donors (Lipinski definition) is 12. The van der Waals surface area contributed by atoms with Gasteiger partial charge >= 0.3 is 55.2 Å². The summed E-state index contributed by atoms with van der Waals surface area (Å²) in [4.78, 5) is 67.2. The first kappa shape index (κ1) is 97.0. The molecule has 8 bridgehead atoms. The van der Waals surface area contributed by atoms with Crippen LogP contribution in [0.2, 0.25) is 0 Å². The molecule has 4 aromatic carbocycles. The van der Waals surface area contributed by atoms with Gasteiger partial charge in [-0.1, -0.05) is 146 Å². The van der Waals surface area contributed by atoms with Crippen molar-refractivity contribution in [3.8, 4) is 0 Å². The number of carbonyl (C=O) groups is 4. The summed E-state index contributed by atoms with van der Waals surface area (Å²) < 4.78 is 0. The first-order chi connectivity index (χ1) is 29.0. The van der Waals surface area contributed by atoms with Crippen molar-refractivity contribution in [3.63, 3.8) is 0 Å². The monoisotopic (exact) mass is 1380 g/mol. The Morgan fingerprint density at radius 3 is 0.544 bits per heavy atom. The SMILES string of the molecule is N.N.N.N.N.N.N.N.N.N.N.N.O.O.O.O.O=C([O-])c1ccc(/C2=c3\cc/c([n-]3)=C(\c3ccc(C(=O)[O-])cc3)c3ccc([n-]3)/C(c3ccc(C(=O)[O-])cc3)=c3/cc/c([n-]3)=C(\c3ccc(C(=O)[O-])cc3)c3ccc2[n-]3)cc1.[Cu+2].[Cu+2].[Pt+4]. The number of aromatic nitrogens is 4. The molecule has 0 unspecified atom stereocenters. The summed E-state index contributed by atoms with van der Waals surface area (Å²) in [6, 6.07) is 39.0. The van der Waals surface area contributed by atoms with E-state index in [1.54, 1.807) is 97.1 Å². The Morgan fingerprint density at radius 1 is 0.253 bits per heavy atom. The first-order valence-corrected chi connectivity index (χ1v) is 18.4. The topological polar surface area (TPSA) is 763 Å². The standard InChI is InChI=1S/C48H28N4O8.2Cu.12H3N.4H2O.Pt/c53-45(54)29-9-1-25(2-10-29)41-33-17-19-35(49-33)42(26-3-11-30(12-4-26)46(55)56)37-21-23-39(51-37)44(28-7-15-32(16-8-28)48(59)60)40-24-22-38(52-40)43(36-20-18-34(41)50-36)27-5-13-31(14-6-27)47(57)58;;;;;;;;;;;;;;;;;;;/h1-24H,(H,53,54)(H,55,56)(H,57,58)(H,59,60);;;12*1H3;4*1H2;/q-4;2*+2;;;;;;;;;;;;;;;;;+4/p-4/b41-33-,41-34?,42-35-,42-37?,43-36?,43-38-,44-39?,44-40-;;;;;;;;;;;;;;;;;;;. The van der Waals surface area contributed by atoms with E-state index in [1.807, 2.05) is 0 Å². The molecule has 1 aliphatic rings. The zero-order chi connectivity index (χ0) is 41.7. The van der Waals surface area contributed by atoms with Crippen molar-refractivity contribution in [2.45, 2.75) is 0 Å². The molecular formula is C48H68Cu2N16O12Pt. The van der Waals surface area contributed by atoms with E-state index < -0.39 is 23.9 Å². The fourth-order valence-electron chi connectivity index (χ4n) is 7.36. The van der Waals surface area contributed by atoms with E-state index in [4.69, 9.17) is 19.9 Å². The second kappa shape index (κ2) is 39.8. The van der Waals surface area contributed by atoms with Crippen molar-refractivity contribution in [3.05, 3.63) is 234 Å². The molecule has 8 aromatic rings. The van der Waals surface area contributed by atoms with Crippen LogP contribution in [-0.4, -0.2) is 45.8 Å². The summed E-state index contributed by atoms with van der Waals surface area (Å²) in [6.07, 6.45) is 0. The van der Waals surface area contributed by atoms with Crippen LogP contribution >= 0.6 is 0 Å². The minimum Gasteiger partial charge on any atom is -0.657 e. The van der Waals surface area contributed by atoms with E-state index in [9.17, 15) is 39.6 Å². The number of hydrogen-bond acceptors (Lipinski definition) is 20. The number of nitrogens with zero attached hydrogens (tertiary/aromatic N) is 4. The number of carboxylic acid groups (broad SMARTS) is 4. The quantitative estimate of drug-likeness (QED) is 0.0671. The fraction of sp³-hybridized carbons (Fsp3) is 0. The third-order valence-electron chi connectivity index (χ3n) is 10.2. The minimum atomic E-state index is -1.34. The molecule has 9 rings (SSSR count). The largest absolute Gasteiger partial charge is 4.00 e. The molecule has 31 heteroatoms. The van der Waals surface area contributed by atoms with Gasteiger partial charge in [0.05, 0.1) is 23.9 Å². The average molecular weight is 1380 g/mol. The maximum atomic E-state index is 11.7. The van der Waals surface area contributed by atoms with Gasteiger partial charge in [0, 0.05) is 0 Å². The van der Waals surface area contributed by atoms with Gasteiger partial charge in [-0.3, -0.25) is 0 Å². The zero-order valence-corrected chi connectivity index (χ0v) is 46.5. The van der Waals surface area contributed by atoms with Gasteiger partial charge in [0.2, 0.25) is 0 Å². The Labute approximate surface area is 488 Å². The van der Waals surface area contributed by atoms with E-state index in [0.717, 1.165) is 0 Å². The van der Waals surface area contributed by atoms with Crippen molar-refractivity contribution < 1.29 is 117 Å². The molecule has 0 atom stereocenters. The third-order valence-corrected chi connectivity index (χ3v) is 10.2. The molecular weight excluding hydrogens is 1310 g/mol. The third kappa shape index (κ3) is 18.8. The maximum absolute atomic E-state index is 11.7. The van der Waals surface area contributed by atoms with Gasteiger partial charge < -0.3 is 155 Å². The Balaban J connectivity index is -0.000000270. The predicted molar refractivity (Wildman–Crippen MR) is 282 cm³/mol. The number of fused-ring (bicyclic) bond motifs is 8. The number of benzene rings is 4. The zero-order valence-electron chi connectivity index (χ0n) is 42.3. The van der Waals surface area contributed by atoms with Crippen molar-refractivity contribution in [2.75, 3.05) is 0 Å². The summed E-state index contributed by atoms with van der Waals surface area (Å²) in [5.74, 6) is -5.34. The van der Waals surface area contributed by atoms with Crippen LogP contribution in [0.3, 0.4) is 0 Å². The van der Waals surface area contributed by atoms with Crippen molar-refractivity contribution in [2.24, 2.45) is 0 Å². The molecule has 5 heterocycles. The molecule has 4 aromatic heterocycles. The maximum Gasteiger partial charge on any atom is 4.00 e. The molecule has 0 saturated carbocycles. The van der Waals surface area contributed by atoms with Crippen molar-refractivity contribution in [1.29, 1.82) is 0 Å². The number of carboxylic acids is 4. The van der Waals surface area contributed by atoms with E-state index >= 15 is 0 Å². The van der Waals surface area contributed by atoms with Crippen LogP contribution in [0.15, 0.2) is 146 Å². The van der Waals surface area contributed by atoms with Crippen molar-refractivity contribution in [1.82, 2.24) is 93.7 Å². The Hall–Kier alpha value is -7.55. The van der Waals surface area contributed by atoms with Crippen LogP contribution in [0.4, 0.5) is 0 Å². The fourth-order valence-corrected chi connectivity index (χ4v) is 7.36. The Morgan fingerprint density at radius 2 is 0.405 bits per heavy atom. The summed E-state index contributed by atoms with van der Waals surface area (Å²) >= 11 is 0. The Kier molecular flexibility index (Phi) is 48.8. The molecule has 0 amide bonds. The van der Waals surface area contributed by atoms with Crippen LogP contribution in [0.1, 0.15) is 86.5 Å². The van der Waals surface area contributed by atoms with Crippen molar-refractivity contribution >= 4 is 46.2 Å². The second-order valence-electron chi connectivity index (χ2n) is 13.8. The van der Waals surface area contributed by atoms with Crippen LogP contribution in [0.25, 0.3) is 22.3 Å². The summed E-state index contributed by atoms with van der Waals surface area (Å²) in [6.45, 7) is 0. The summed E-state index contributed by atoms with van der Waals surface area (Å²) in [5, 5.41) is 48.7. The molecule has 28 nitrogen and oxygen atoms in total. The van der Waals surface area contributed by atoms with Gasteiger partial charge in [0.15, 0.2) is 0 Å². The van der Waals surface area contributed by atoms with Crippen LogP contribution in [0.5, 0.6) is 0 Å². The molecule has 0 spiro atoms. The number of carbonyl (C=O) groups excluding carboxylic acids is 4. The molecule has 0 aliphatic carbocycles. The van der Waals surface area contributed by atoms with Gasteiger partial charge in [0.1, 0.15) is 0 Å². The molecule has 0 saturated heterocycles. The summed E-state index contributed by atoms with van der Waals surface area (Å²) in [5.41, 5.74) is 6.47. The van der Waals surface area contributed by atoms with E-state index in [0.29, 0.717) is 88.7 Å². The van der Waals surface area contributed by atoms with Crippen LogP contribution in [-0.2, 0) is 55.2 Å². The number of rotatable bonds is 8.